The summed E-state index contributed by atoms with van der Waals surface area (Å²) in [6, 6.07) is 0. The van der Waals surface area contributed by atoms with Gasteiger partial charge in [0.05, 0.1) is 19.1 Å². The van der Waals surface area contributed by atoms with Gasteiger partial charge in [-0.05, 0) is 0 Å². The number of halogens is 1. The lowest BCUT2D eigenvalue weighted by molar-refractivity contribution is -0.0448. The summed E-state index contributed by atoms with van der Waals surface area (Å²) in [6.07, 6.45) is -2.76. The molecule has 1 aromatic rings. The Hall–Kier alpha value is -1.97. The molecule has 1 aliphatic heterocycles. The van der Waals surface area contributed by atoms with Gasteiger partial charge in [0.2, 0.25) is 0 Å². The topological polar surface area (TPSA) is 131 Å². The molecule has 1 aromatic heterocycles. The van der Waals surface area contributed by atoms with Gasteiger partial charge in [-0.1, -0.05) is 0 Å². The largest absolute Gasteiger partial charge is 0.503 e. The Morgan fingerprint density at radius 2 is 2.32 bits per heavy atom. The molecule has 0 aliphatic carbocycles. The lowest BCUT2D eigenvalue weighted by Gasteiger charge is -2.15. The molecule has 2 rings (SSSR count). The van der Waals surface area contributed by atoms with Crippen LogP contribution in [0.5, 0.6) is 5.75 Å². The van der Waals surface area contributed by atoms with Gasteiger partial charge in [0.15, 0.2) is 17.8 Å². The SMILES string of the molecule is Nc1nc(=O)n(C2OC(CO)C(O)C2=CF)cc1O. The number of anilines is 1. The van der Waals surface area contributed by atoms with Crippen molar-refractivity contribution in [1.29, 1.82) is 0 Å². The summed E-state index contributed by atoms with van der Waals surface area (Å²) in [5, 5.41) is 28.1. The van der Waals surface area contributed by atoms with E-state index < -0.39 is 36.5 Å². The summed E-state index contributed by atoms with van der Waals surface area (Å²) in [4.78, 5) is 15.0. The van der Waals surface area contributed by atoms with Gasteiger partial charge in [0, 0.05) is 5.57 Å². The number of hydrogen-bond donors (Lipinski definition) is 4. The Morgan fingerprint density at radius 3 is 2.89 bits per heavy atom. The maximum atomic E-state index is 12.8. The van der Waals surface area contributed by atoms with Crippen molar-refractivity contribution in [2.45, 2.75) is 18.4 Å². The second kappa shape index (κ2) is 4.96. The summed E-state index contributed by atoms with van der Waals surface area (Å²) >= 11 is 0. The van der Waals surface area contributed by atoms with Gasteiger partial charge in [-0.3, -0.25) is 4.57 Å². The predicted octanol–water partition coefficient (Wildman–Crippen LogP) is -1.36. The molecule has 1 saturated heterocycles. The zero-order chi connectivity index (χ0) is 14.2. The summed E-state index contributed by atoms with van der Waals surface area (Å²) in [5.41, 5.74) is 4.10. The number of rotatable bonds is 2. The number of aromatic nitrogens is 2. The van der Waals surface area contributed by atoms with E-state index in [9.17, 15) is 19.4 Å². The van der Waals surface area contributed by atoms with Crippen LogP contribution in [-0.4, -0.2) is 43.7 Å². The molecular weight excluding hydrogens is 261 g/mol. The molecule has 0 amide bonds. The van der Waals surface area contributed by atoms with Crippen molar-refractivity contribution in [1.82, 2.24) is 9.55 Å². The zero-order valence-electron chi connectivity index (χ0n) is 9.60. The fraction of sp³-hybridized carbons (Fsp3) is 0.400. The Balaban J connectivity index is 2.47. The molecule has 8 nitrogen and oxygen atoms in total. The molecule has 0 spiro atoms. The number of hydrogen-bond acceptors (Lipinski definition) is 7. The molecule has 2 heterocycles. The van der Waals surface area contributed by atoms with Gasteiger partial charge < -0.3 is 25.8 Å². The van der Waals surface area contributed by atoms with Crippen LogP contribution in [0.1, 0.15) is 6.23 Å². The fourth-order valence-electron chi connectivity index (χ4n) is 1.81. The normalized spacial score (nSPS) is 29.0. The molecular formula is C10H12FN3O5. The standard InChI is InChI=1S/C10H12FN3O5/c11-1-4-7(17)6(3-15)19-9(4)14-2-5(16)8(12)13-10(14)18/h1-2,6-7,9,15-17H,3H2,(H2,12,13,18). The summed E-state index contributed by atoms with van der Waals surface area (Å²) in [5.74, 6) is -0.854. The van der Waals surface area contributed by atoms with Crippen LogP contribution in [0, 0.1) is 0 Å². The first-order valence-corrected chi connectivity index (χ1v) is 5.31. The molecule has 3 unspecified atom stereocenters. The third-order valence-electron chi connectivity index (χ3n) is 2.80. The number of ether oxygens (including phenoxy) is 1. The van der Waals surface area contributed by atoms with Crippen LogP contribution in [0.15, 0.2) is 22.9 Å². The highest BCUT2D eigenvalue weighted by atomic mass is 19.1. The smallest absolute Gasteiger partial charge is 0.352 e. The Kier molecular flexibility index (Phi) is 3.51. The van der Waals surface area contributed by atoms with Gasteiger partial charge in [-0.2, -0.15) is 4.98 Å². The van der Waals surface area contributed by atoms with Crippen LogP contribution < -0.4 is 11.4 Å². The second-order valence-corrected chi connectivity index (χ2v) is 3.96. The first-order valence-electron chi connectivity index (χ1n) is 5.31. The number of nitrogens with two attached hydrogens (primary N) is 1. The molecule has 3 atom stereocenters. The van der Waals surface area contributed by atoms with E-state index in [1.807, 2.05) is 0 Å². The van der Waals surface area contributed by atoms with Crippen LogP contribution in [0.25, 0.3) is 0 Å². The zero-order valence-corrected chi connectivity index (χ0v) is 9.60. The van der Waals surface area contributed by atoms with Crippen LogP contribution in [0.4, 0.5) is 10.2 Å². The van der Waals surface area contributed by atoms with E-state index >= 15 is 0 Å². The molecule has 5 N–H and O–H groups in total. The van der Waals surface area contributed by atoms with E-state index in [1.165, 1.54) is 0 Å². The molecule has 1 aliphatic rings. The number of aromatic hydroxyl groups is 1. The first-order chi connectivity index (χ1) is 8.99. The lowest BCUT2D eigenvalue weighted by Crippen LogP contribution is -2.28. The van der Waals surface area contributed by atoms with Crippen molar-refractivity contribution in [3.05, 3.63) is 28.6 Å². The van der Waals surface area contributed by atoms with Crippen LogP contribution in [-0.2, 0) is 4.74 Å². The summed E-state index contributed by atoms with van der Waals surface area (Å²) in [6.45, 7) is -0.557. The molecule has 0 bridgehead atoms. The van der Waals surface area contributed by atoms with Crippen molar-refractivity contribution >= 4 is 5.82 Å². The van der Waals surface area contributed by atoms with E-state index in [0.29, 0.717) is 0 Å². The van der Waals surface area contributed by atoms with Crippen molar-refractivity contribution in [2.24, 2.45) is 0 Å². The van der Waals surface area contributed by atoms with E-state index in [1.54, 1.807) is 0 Å². The van der Waals surface area contributed by atoms with Gasteiger partial charge in [-0.25, -0.2) is 9.18 Å². The molecule has 0 saturated carbocycles. The molecule has 0 aromatic carbocycles. The van der Waals surface area contributed by atoms with Crippen molar-refractivity contribution in [2.75, 3.05) is 12.3 Å². The van der Waals surface area contributed by atoms with Crippen molar-refractivity contribution in [3.63, 3.8) is 0 Å². The predicted molar refractivity (Wildman–Crippen MR) is 60.8 cm³/mol. The number of aliphatic hydroxyl groups is 2. The average Bonchev–Trinajstić information content (AvgIpc) is 2.70. The lowest BCUT2D eigenvalue weighted by atomic mass is 10.1. The van der Waals surface area contributed by atoms with E-state index in [0.717, 1.165) is 10.8 Å². The Bertz CT molecular complexity index is 573. The maximum absolute atomic E-state index is 12.8. The second-order valence-electron chi connectivity index (χ2n) is 3.96. The van der Waals surface area contributed by atoms with Crippen LogP contribution in [0.2, 0.25) is 0 Å². The minimum absolute atomic E-state index is 0.0881. The van der Waals surface area contributed by atoms with Crippen LogP contribution in [0.3, 0.4) is 0 Å². The highest BCUT2D eigenvalue weighted by Gasteiger charge is 2.40. The monoisotopic (exact) mass is 273 g/mol. The third kappa shape index (κ3) is 2.18. The molecule has 104 valence electrons. The van der Waals surface area contributed by atoms with E-state index in [2.05, 4.69) is 4.98 Å². The first kappa shape index (κ1) is 13.5. The van der Waals surface area contributed by atoms with E-state index in [-0.39, 0.29) is 17.7 Å². The van der Waals surface area contributed by atoms with Gasteiger partial charge >= 0.3 is 5.69 Å². The number of aliphatic hydroxyl groups excluding tert-OH is 2. The average molecular weight is 273 g/mol. The third-order valence-corrected chi connectivity index (χ3v) is 2.80. The summed E-state index contributed by atoms with van der Waals surface area (Å²) in [7, 11) is 0. The molecule has 0 radical (unpaired) electrons. The molecule has 9 heteroatoms. The highest BCUT2D eigenvalue weighted by Crippen LogP contribution is 2.34. The number of nitrogens with zero attached hydrogens (tertiary/aromatic N) is 2. The van der Waals surface area contributed by atoms with Gasteiger partial charge in [-0.15, -0.1) is 0 Å². The highest BCUT2D eigenvalue weighted by molar-refractivity contribution is 5.42. The van der Waals surface area contributed by atoms with E-state index in [4.69, 9.17) is 15.6 Å². The fourth-order valence-corrected chi connectivity index (χ4v) is 1.81. The maximum Gasteiger partial charge on any atom is 0.352 e. The minimum atomic E-state index is -1.40. The number of nitrogen functional groups attached to an aromatic ring is 1. The summed E-state index contributed by atoms with van der Waals surface area (Å²) < 4.78 is 18.7. The van der Waals surface area contributed by atoms with Crippen LogP contribution >= 0.6 is 0 Å². The van der Waals surface area contributed by atoms with Crippen molar-refractivity contribution < 1.29 is 24.4 Å². The van der Waals surface area contributed by atoms with Gasteiger partial charge in [0.25, 0.3) is 0 Å². The minimum Gasteiger partial charge on any atom is -0.503 e. The molecule has 19 heavy (non-hydrogen) atoms. The van der Waals surface area contributed by atoms with Crippen molar-refractivity contribution in [3.8, 4) is 5.75 Å². The Morgan fingerprint density at radius 1 is 1.63 bits per heavy atom. The van der Waals surface area contributed by atoms with Gasteiger partial charge in [0.1, 0.15) is 12.2 Å². The molecule has 1 fully saturated rings. The Labute approximate surface area is 106 Å². The quantitative estimate of drug-likeness (QED) is 0.523.